The zero-order valence-corrected chi connectivity index (χ0v) is 21.8. The van der Waals surface area contributed by atoms with Crippen LogP contribution in [0, 0.1) is 11.6 Å². The number of fused-ring (bicyclic) bond motifs is 1. The van der Waals surface area contributed by atoms with Crippen LogP contribution in [0.4, 0.5) is 14.5 Å². The van der Waals surface area contributed by atoms with Gasteiger partial charge in [-0.1, -0.05) is 36.9 Å². The molecule has 0 saturated heterocycles. The van der Waals surface area contributed by atoms with Gasteiger partial charge in [0.05, 0.1) is 12.1 Å². The molecule has 0 fully saturated rings. The highest BCUT2D eigenvalue weighted by Crippen LogP contribution is 2.34. The van der Waals surface area contributed by atoms with Crippen LogP contribution in [-0.4, -0.2) is 27.9 Å². The number of halogens is 2. The van der Waals surface area contributed by atoms with Gasteiger partial charge < -0.3 is 15.2 Å². The SMILES string of the molecule is C=Cc1c(F)cc(Cn2cccc(C(=O)NC/C=C/c3ccc4c(c3)NC(=O)/C4=C/c3nccs3)c2=O)cc1F. The maximum absolute atomic E-state index is 14.1. The first-order chi connectivity index (χ1) is 19.3. The molecule has 0 saturated carbocycles. The summed E-state index contributed by atoms with van der Waals surface area (Å²) < 4.78 is 29.4. The topological polar surface area (TPSA) is 93.1 Å². The van der Waals surface area contributed by atoms with Crippen molar-refractivity contribution < 1.29 is 18.4 Å². The van der Waals surface area contributed by atoms with Gasteiger partial charge in [-0.05, 0) is 47.5 Å². The molecule has 2 amide bonds. The second-order valence-electron chi connectivity index (χ2n) is 8.83. The lowest BCUT2D eigenvalue weighted by atomic mass is 10.0. The fourth-order valence-electron chi connectivity index (χ4n) is 4.28. The van der Waals surface area contributed by atoms with Crippen molar-refractivity contribution in [2.24, 2.45) is 0 Å². The molecule has 5 rings (SSSR count). The Bertz CT molecular complexity index is 1730. The van der Waals surface area contributed by atoms with Crippen LogP contribution in [-0.2, 0) is 11.3 Å². The second-order valence-corrected chi connectivity index (χ2v) is 9.76. The van der Waals surface area contributed by atoms with Crippen LogP contribution in [0.3, 0.4) is 0 Å². The average molecular weight is 557 g/mol. The maximum Gasteiger partial charge on any atom is 0.263 e. The Balaban J connectivity index is 1.23. The van der Waals surface area contributed by atoms with Gasteiger partial charge in [-0.15, -0.1) is 11.3 Å². The molecule has 0 radical (unpaired) electrons. The monoisotopic (exact) mass is 556 g/mol. The quantitative estimate of drug-likeness (QED) is 0.292. The number of thiazole rings is 1. The molecule has 0 unspecified atom stereocenters. The molecule has 2 aromatic heterocycles. The number of pyridine rings is 1. The molecule has 2 aromatic carbocycles. The van der Waals surface area contributed by atoms with E-state index in [9.17, 15) is 23.2 Å². The van der Waals surface area contributed by atoms with Crippen molar-refractivity contribution in [3.8, 4) is 0 Å². The molecule has 0 spiro atoms. The molecule has 200 valence electrons. The summed E-state index contributed by atoms with van der Waals surface area (Å²) in [7, 11) is 0. The fraction of sp³-hybridized carbons (Fsp3) is 0.0667. The van der Waals surface area contributed by atoms with E-state index in [-0.39, 0.29) is 35.7 Å². The Morgan fingerprint density at radius 3 is 2.67 bits per heavy atom. The Labute approximate surface area is 231 Å². The number of benzene rings is 2. The van der Waals surface area contributed by atoms with E-state index in [1.54, 1.807) is 24.4 Å². The van der Waals surface area contributed by atoms with Gasteiger partial charge in [-0.2, -0.15) is 0 Å². The molecular weight excluding hydrogens is 534 g/mol. The fourth-order valence-corrected chi connectivity index (χ4v) is 4.85. The number of aromatic nitrogens is 2. The largest absolute Gasteiger partial charge is 0.348 e. The minimum absolute atomic E-state index is 0.0978. The molecule has 10 heteroatoms. The number of rotatable bonds is 8. The Kier molecular flexibility index (Phi) is 7.61. The van der Waals surface area contributed by atoms with Crippen LogP contribution in [0.5, 0.6) is 0 Å². The molecule has 40 heavy (non-hydrogen) atoms. The highest BCUT2D eigenvalue weighted by atomic mass is 32.1. The summed E-state index contributed by atoms with van der Waals surface area (Å²) in [4.78, 5) is 42.2. The van der Waals surface area contributed by atoms with Crippen molar-refractivity contribution in [3.63, 3.8) is 0 Å². The zero-order chi connectivity index (χ0) is 28.2. The van der Waals surface area contributed by atoms with Gasteiger partial charge in [0.2, 0.25) is 0 Å². The molecule has 4 aromatic rings. The lowest BCUT2D eigenvalue weighted by molar-refractivity contribution is -0.110. The zero-order valence-electron chi connectivity index (χ0n) is 21.0. The van der Waals surface area contributed by atoms with Crippen LogP contribution < -0.4 is 16.2 Å². The van der Waals surface area contributed by atoms with Gasteiger partial charge in [0.25, 0.3) is 17.4 Å². The van der Waals surface area contributed by atoms with Crippen LogP contribution in [0.15, 0.2) is 77.7 Å². The minimum atomic E-state index is -0.780. The Hall–Kier alpha value is -4.96. The summed E-state index contributed by atoms with van der Waals surface area (Å²) in [6.45, 7) is 3.42. The molecule has 0 bridgehead atoms. The standard InChI is InChI=1S/C30H22F2N4O3S/c1-2-20-24(31)13-19(14-25(20)32)17-36-11-4-6-22(30(36)39)28(37)34-9-3-5-18-7-8-21-23(16-27-33-10-12-40-27)29(38)35-26(21)15-18/h2-8,10-16H,1,9,17H2,(H,34,37)(H,35,38)/b5-3+,23-16+. The number of nitrogens with zero attached hydrogens (tertiary/aromatic N) is 2. The highest BCUT2D eigenvalue weighted by Gasteiger charge is 2.24. The number of hydrogen-bond acceptors (Lipinski definition) is 5. The third-order valence-electron chi connectivity index (χ3n) is 6.20. The van der Waals surface area contributed by atoms with Crippen LogP contribution in [0.2, 0.25) is 0 Å². The van der Waals surface area contributed by atoms with Crippen LogP contribution in [0.1, 0.15) is 37.6 Å². The molecule has 0 atom stereocenters. The van der Waals surface area contributed by atoms with E-state index in [0.29, 0.717) is 11.3 Å². The first-order valence-corrected chi connectivity index (χ1v) is 13.0. The van der Waals surface area contributed by atoms with E-state index in [1.807, 2.05) is 23.6 Å². The highest BCUT2D eigenvalue weighted by molar-refractivity contribution is 7.10. The number of nitrogens with one attached hydrogen (secondary N) is 2. The summed E-state index contributed by atoms with van der Waals surface area (Å²) >= 11 is 1.44. The summed E-state index contributed by atoms with van der Waals surface area (Å²) in [5, 5.41) is 8.11. The number of amides is 2. The molecule has 2 N–H and O–H groups in total. The maximum atomic E-state index is 14.1. The molecular formula is C30H22F2N4O3S. The van der Waals surface area contributed by atoms with Gasteiger partial charge in [-0.25, -0.2) is 13.8 Å². The van der Waals surface area contributed by atoms with Crippen molar-refractivity contribution in [2.75, 3.05) is 11.9 Å². The normalized spacial score (nSPS) is 13.4. The van der Waals surface area contributed by atoms with E-state index in [1.165, 1.54) is 34.2 Å². The van der Waals surface area contributed by atoms with E-state index >= 15 is 0 Å². The van der Waals surface area contributed by atoms with Gasteiger partial charge in [-0.3, -0.25) is 14.4 Å². The van der Waals surface area contributed by atoms with Gasteiger partial charge in [0.15, 0.2) is 0 Å². The van der Waals surface area contributed by atoms with Crippen molar-refractivity contribution in [3.05, 3.63) is 128 Å². The van der Waals surface area contributed by atoms with Crippen molar-refractivity contribution in [1.29, 1.82) is 0 Å². The molecule has 1 aliphatic rings. The smallest absolute Gasteiger partial charge is 0.263 e. The number of anilines is 1. The summed E-state index contributed by atoms with van der Waals surface area (Å²) in [6.07, 6.45) is 9.47. The predicted molar refractivity (Wildman–Crippen MR) is 153 cm³/mol. The van der Waals surface area contributed by atoms with Crippen molar-refractivity contribution >= 4 is 52.6 Å². The number of hydrogen-bond donors (Lipinski definition) is 2. The Morgan fingerprint density at radius 1 is 1.15 bits per heavy atom. The van der Waals surface area contributed by atoms with Crippen molar-refractivity contribution in [2.45, 2.75) is 6.54 Å². The number of carbonyl (C=O) groups is 2. The molecule has 3 heterocycles. The Morgan fingerprint density at radius 2 is 1.95 bits per heavy atom. The third kappa shape index (κ3) is 5.57. The molecule has 1 aliphatic heterocycles. The molecule has 0 aliphatic carbocycles. The van der Waals surface area contributed by atoms with Gasteiger partial charge in [0.1, 0.15) is 22.2 Å². The minimum Gasteiger partial charge on any atom is -0.348 e. The van der Waals surface area contributed by atoms with E-state index in [2.05, 4.69) is 22.2 Å². The lowest BCUT2D eigenvalue weighted by Crippen LogP contribution is -2.33. The summed E-state index contributed by atoms with van der Waals surface area (Å²) in [5.74, 6) is -2.34. The van der Waals surface area contributed by atoms with Gasteiger partial charge in [0, 0.05) is 41.1 Å². The van der Waals surface area contributed by atoms with E-state index < -0.39 is 23.1 Å². The molecule has 7 nitrogen and oxygen atoms in total. The predicted octanol–water partition coefficient (Wildman–Crippen LogP) is 5.21. The second kappa shape index (κ2) is 11.4. The van der Waals surface area contributed by atoms with Crippen molar-refractivity contribution in [1.82, 2.24) is 14.9 Å². The van der Waals surface area contributed by atoms with E-state index in [0.717, 1.165) is 34.3 Å². The first-order valence-electron chi connectivity index (χ1n) is 12.2. The first kappa shape index (κ1) is 26.6. The summed E-state index contributed by atoms with van der Waals surface area (Å²) in [6, 6.07) is 10.7. The average Bonchev–Trinajstić information content (AvgIpc) is 3.55. The van der Waals surface area contributed by atoms with E-state index in [4.69, 9.17) is 0 Å². The van der Waals surface area contributed by atoms with Gasteiger partial charge >= 0.3 is 0 Å². The van der Waals surface area contributed by atoms with Crippen LogP contribution in [0.25, 0.3) is 23.8 Å². The number of carbonyl (C=O) groups excluding carboxylic acids is 2. The summed E-state index contributed by atoms with van der Waals surface area (Å²) in [5.41, 5.74) is 2.14. The third-order valence-corrected chi connectivity index (χ3v) is 6.92. The lowest BCUT2D eigenvalue weighted by Gasteiger charge is -2.10. The van der Waals surface area contributed by atoms with Crippen LogP contribution >= 0.6 is 11.3 Å².